The molecule has 0 aliphatic carbocycles. The van der Waals surface area contributed by atoms with Crippen molar-refractivity contribution in [1.29, 1.82) is 0 Å². The number of hydroxylamine groups is 1. The smallest absolute Gasteiger partial charge is 0.332 e. The molecule has 7 heteroatoms. The van der Waals surface area contributed by atoms with Gasteiger partial charge >= 0.3 is 5.97 Å². The van der Waals surface area contributed by atoms with E-state index in [1.54, 1.807) is 12.1 Å². The Morgan fingerprint density at radius 2 is 1.78 bits per heavy atom. The Morgan fingerprint density at radius 3 is 2.30 bits per heavy atom. The summed E-state index contributed by atoms with van der Waals surface area (Å²) in [5.41, 5.74) is 2.46. The number of allylic oxidation sites excluding steroid dienone is 1. The maximum absolute atomic E-state index is 11.8. The van der Waals surface area contributed by atoms with E-state index in [9.17, 15) is 18.4 Å². The third-order valence-corrected chi connectivity index (χ3v) is 5.22. The second kappa shape index (κ2) is 8.57. The van der Waals surface area contributed by atoms with Gasteiger partial charge < -0.3 is 4.84 Å². The summed E-state index contributed by atoms with van der Waals surface area (Å²) in [5.74, 6) is -1.18. The van der Waals surface area contributed by atoms with Crippen molar-refractivity contribution in [3.8, 4) is 0 Å². The molecule has 0 saturated heterocycles. The summed E-state index contributed by atoms with van der Waals surface area (Å²) in [4.78, 5) is 27.8. The van der Waals surface area contributed by atoms with Crippen LogP contribution in [0.4, 0.5) is 8.78 Å². The van der Waals surface area contributed by atoms with Crippen molar-refractivity contribution in [3.63, 3.8) is 0 Å². The molecule has 0 radical (unpaired) electrons. The van der Waals surface area contributed by atoms with E-state index in [0.717, 1.165) is 6.08 Å². The molecule has 1 amide bonds. The number of benzene rings is 1. The van der Waals surface area contributed by atoms with E-state index in [2.05, 4.69) is 30.0 Å². The predicted octanol–water partition coefficient (Wildman–Crippen LogP) is 3.37. The number of amides is 1. The molecular formula is C16H21F2NO3Si. The number of halogens is 2. The van der Waals surface area contributed by atoms with Gasteiger partial charge in [0.1, 0.15) is 0 Å². The van der Waals surface area contributed by atoms with Gasteiger partial charge in [-0.2, -0.15) is 14.3 Å². The molecule has 0 saturated carbocycles. The minimum Gasteiger partial charge on any atom is -0.341 e. The molecule has 1 N–H and O–H groups in total. The summed E-state index contributed by atoms with van der Waals surface area (Å²) in [6.07, 6.45) is -0.751. The Hall–Kier alpha value is -2.02. The lowest BCUT2D eigenvalue weighted by molar-refractivity contribution is -0.149. The molecule has 23 heavy (non-hydrogen) atoms. The number of carbonyl (C=O) groups excluding carboxylic acids is 2. The van der Waals surface area contributed by atoms with Crippen LogP contribution in [-0.2, 0) is 9.63 Å². The Balaban J connectivity index is 2.41. The molecule has 1 aromatic rings. The van der Waals surface area contributed by atoms with Crippen LogP contribution in [0.5, 0.6) is 0 Å². The maximum Gasteiger partial charge on any atom is 0.332 e. The van der Waals surface area contributed by atoms with Crippen molar-refractivity contribution < 1.29 is 23.2 Å². The largest absolute Gasteiger partial charge is 0.341 e. The molecule has 0 heterocycles. The average molecular weight is 341 g/mol. The first-order valence-electron chi connectivity index (χ1n) is 7.32. The highest BCUT2D eigenvalue weighted by Gasteiger charge is 2.17. The number of rotatable bonds is 6. The molecule has 0 atom stereocenters. The highest BCUT2D eigenvalue weighted by Crippen LogP contribution is 2.06. The van der Waals surface area contributed by atoms with Crippen molar-refractivity contribution in [3.05, 3.63) is 42.0 Å². The van der Waals surface area contributed by atoms with Crippen LogP contribution < -0.4 is 10.7 Å². The quantitative estimate of drug-likeness (QED) is 0.490. The topological polar surface area (TPSA) is 55.4 Å². The fraction of sp³-hybridized carbons (Fsp3) is 0.375. The van der Waals surface area contributed by atoms with Gasteiger partial charge in [-0.05, 0) is 31.1 Å². The molecule has 1 aromatic carbocycles. The van der Waals surface area contributed by atoms with Crippen LogP contribution in [0.3, 0.4) is 0 Å². The summed E-state index contributed by atoms with van der Waals surface area (Å²) in [6.45, 7) is 6.61. The van der Waals surface area contributed by atoms with Crippen LogP contribution >= 0.6 is 0 Å². The molecule has 0 bridgehead atoms. The van der Waals surface area contributed by atoms with Gasteiger partial charge in [0.05, 0.1) is 8.07 Å². The van der Waals surface area contributed by atoms with Crippen LogP contribution in [0, 0.1) is 0 Å². The standard InChI is InChI=1S/C16H21F2NO3Si/c1-23(2,3)13-10-8-12(9-11-13)16(21)19-22-15(20)7-5-4-6-14(17)18/h6,8-11H,4-5,7H2,1-3H3,(H,19,21). The second-order valence-electron chi connectivity index (χ2n) is 6.12. The fourth-order valence-electron chi connectivity index (χ4n) is 1.79. The third-order valence-electron chi connectivity index (χ3n) is 3.15. The lowest BCUT2D eigenvalue weighted by Gasteiger charge is -2.16. The minimum absolute atomic E-state index is 0.0430. The number of hydrogen-bond donors (Lipinski definition) is 1. The van der Waals surface area contributed by atoms with Gasteiger partial charge in [-0.1, -0.05) is 37.0 Å². The molecule has 1 rings (SSSR count). The SMILES string of the molecule is C[Si](C)(C)c1ccc(C(=O)NOC(=O)CCCC=C(F)F)cc1. The lowest BCUT2D eigenvalue weighted by Crippen LogP contribution is -2.37. The predicted molar refractivity (Wildman–Crippen MR) is 87.1 cm³/mol. The molecule has 0 spiro atoms. The molecule has 0 unspecified atom stereocenters. The van der Waals surface area contributed by atoms with E-state index >= 15 is 0 Å². The minimum atomic E-state index is -1.77. The molecular weight excluding hydrogens is 320 g/mol. The normalized spacial score (nSPS) is 10.8. The van der Waals surface area contributed by atoms with Crippen LogP contribution in [0.2, 0.25) is 19.6 Å². The van der Waals surface area contributed by atoms with Gasteiger partial charge in [-0.3, -0.25) is 4.79 Å². The number of unbranched alkanes of at least 4 members (excludes halogenated alkanes) is 1. The Labute approximate surface area is 135 Å². The number of carbonyl (C=O) groups is 2. The second-order valence-corrected chi connectivity index (χ2v) is 11.2. The van der Waals surface area contributed by atoms with Crippen molar-refractivity contribution in [2.45, 2.75) is 38.9 Å². The van der Waals surface area contributed by atoms with Crippen molar-refractivity contribution in [2.75, 3.05) is 0 Å². The molecule has 0 fully saturated rings. The zero-order valence-corrected chi connectivity index (χ0v) is 14.5. The van der Waals surface area contributed by atoms with Crippen LogP contribution in [0.15, 0.2) is 36.4 Å². The number of hydrogen-bond acceptors (Lipinski definition) is 3. The van der Waals surface area contributed by atoms with E-state index in [-0.39, 0.29) is 19.3 Å². The fourth-order valence-corrected chi connectivity index (χ4v) is 2.96. The first kappa shape index (κ1) is 19.0. The molecule has 4 nitrogen and oxygen atoms in total. The summed E-state index contributed by atoms with van der Waals surface area (Å²) in [5, 5.41) is 1.22. The zero-order valence-electron chi connectivity index (χ0n) is 13.5. The molecule has 126 valence electrons. The number of nitrogens with one attached hydrogen (secondary N) is 1. The van der Waals surface area contributed by atoms with Gasteiger partial charge in [-0.15, -0.1) is 0 Å². The monoisotopic (exact) mass is 341 g/mol. The highest BCUT2D eigenvalue weighted by molar-refractivity contribution is 6.88. The third kappa shape index (κ3) is 7.18. The first-order valence-corrected chi connectivity index (χ1v) is 10.8. The van der Waals surface area contributed by atoms with E-state index in [4.69, 9.17) is 0 Å². The summed E-state index contributed by atoms with van der Waals surface area (Å²) in [7, 11) is -1.43. The van der Waals surface area contributed by atoms with Crippen molar-refractivity contribution >= 4 is 25.1 Å². The van der Waals surface area contributed by atoms with E-state index in [0.29, 0.717) is 5.56 Å². The van der Waals surface area contributed by atoms with Crippen LogP contribution in [0.1, 0.15) is 29.6 Å². The zero-order chi connectivity index (χ0) is 17.5. The summed E-state index contributed by atoms with van der Waals surface area (Å²) < 4.78 is 23.6. The van der Waals surface area contributed by atoms with Gasteiger partial charge in [0, 0.05) is 12.0 Å². The average Bonchev–Trinajstić information content (AvgIpc) is 2.48. The van der Waals surface area contributed by atoms with Crippen molar-refractivity contribution in [2.24, 2.45) is 0 Å². The van der Waals surface area contributed by atoms with E-state index in [1.165, 1.54) is 5.19 Å². The summed E-state index contributed by atoms with van der Waals surface area (Å²) in [6, 6.07) is 7.18. The lowest BCUT2D eigenvalue weighted by atomic mass is 10.2. The van der Waals surface area contributed by atoms with Gasteiger partial charge in [-0.25, -0.2) is 4.79 Å². The van der Waals surface area contributed by atoms with Crippen molar-refractivity contribution in [1.82, 2.24) is 5.48 Å². The van der Waals surface area contributed by atoms with Crippen LogP contribution in [0.25, 0.3) is 0 Å². The Kier molecular flexibility index (Phi) is 7.09. The molecule has 0 aromatic heterocycles. The van der Waals surface area contributed by atoms with Gasteiger partial charge in [0.15, 0.2) is 0 Å². The maximum atomic E-state index is 11.8. The highest BCUT2D eigenvalue weighted by atomic mass is 28.3. The van der Waals surface area contributed by atoms with E-state index < -0.39 is 26.0 Å². The Bertz CT molecular complexity index is 576. The molecule has 0 aliphatic rings. The van der Waals surface area contributed by atoms with E-state index in [1.807, 2.05) is 12.1 Å². The first-order chi connectivity index (χ1) is 10.7. The van der Waals surface area contributed by atoms with Gasteiger partial charge in [0.2, 0.25) is 0 Å². The molecule has 0 aliphatic heterocycles. The Morgan fingerprint density at radius 1 is 1.17 bits per heavy atom. The summed E-state index contributed by atoms with van der Waals surface area (Å²) >= 11 is 0. The van der Waals surface area contributed by atoms with Gasteiger partial charge in [0.25, 0.3) is 12.0 Å². The van der Waals surface area contributed by atoms with Crippen LogP contribution in [-0.4, -0.2) is 20.0 Å².